The lowest BCUT2D eigenvalue weighted by Crippen LogP contribution is -3.14. The first-order valence-corrected chi connectivity index (χ1v) is 6.74. The van der Waals surface area contributed by atoms with Crippen molar-refractivity contribution >= 4 is 17.4 Å². The van der Waals surface area contributed by atoms with Gasteiger partial charge in [-0.05, 0) is 13.0 Å². The van der Waals surface area contributed by atoms with Gasteiger partial charge in [0.2, 0.25) is 0 Å². The Hall–Kier alpha value is -2.15. The van der Waals surface area contributed by atoms with Gasteiger partial charge in [-0.15, -0.1) is 0 Å². The van der Waals surface area contributed by atoms with Crippen LogP contribution in [-0.2, 0) is 0 Å². The van der Waals surface area contributed by atoms with E-state index < -0.39 is 4.92 Å². The summed E-state index contributed by atoms with van der Waals surface area (Å²) in [5.41, 5.74) is 0.428. The maximum atomic E-state index is 12.1. The molecule has 20 heavy (non-hydrogen) atoms. The number of amides is 2. The van der Waals surface area contributed by atoms with Crippen molar-refractivity contribution in [2.45, 2.75) is 6.92 Å². The van der Waals surface area contributed by atoms with Gasteiger partial charge in [-0.1, -0.05) is 6.07 Å². The molecule has 0 radical (unpaired) electrons. The molecule has 0 atom stereocenters. The lowest BCUT2D eigenvalue weighted by molar-refractivity contribution is -0.902. The molecule has 1 aliphatic heterocycles. The van der Waals surface area contributed by atoms with Gasteiger partial charge in [-0.2, -0.15) is 0 Å². The molecule has 2 rings (SSSR count). The van der Waals surface area contributed by atoms with Crippen molar-refractivity contribution in [3.8, 4) is 0 Å². The Bertz CT molecular complexity index is 498. The van der Waals surface area contributed by atoms with Crippen molar-refractivity contribution in [2.24, 2.45) is 0 Å². The number of carbonyl (C=O) groups excluding carboxylic acids is 1. The average molecular weight is 279 g/mol. The van der Waals surface area contributed by atoms with Crippen LogP contribution in [0, 0.1) is 10.1 Å². The van der Waals surface area contributed by atoms with Crippen LogP contribution in [0.2, 0.25) is 0 Å². The third-order valence-electron chi connectivity index (χ3n) is 3.57. The number of nitro benzene ring substituents is 1. The SMILES string of the molecule is CC[NH+]1CCN(C(=O)Nc2cccc([N+](=O)[O-])c2)CC1. The normalized spacial score (nSPS) is 15.9. The Labute approximate surface area is 117 Å². The highest BCUT2D eigenvalue weighted by molar-refractivity contribution is 5.89. The molecule has 0 aromatic heterocycles. The number of likely N-dealkylation sites (N-methyl/N-ethyl adjacent to an activating group) is 1. The fraction of sp³-hybridized carbons (Fsp3) is 0.462. The second-order valence-corrected chi connectivity index (χ2v) is 4.83. The predicted octanol–water partition coefficient (Wildman–Crippen LogP) is 0.347. The standard InChI is InChI=1S/C13H18N4O3/c1-2-15-6-8-16(9-7-15)13(18)14-11-4-3-5-12(10-11)17(19)20/h3-5,10H,2,6-9H2,1H3,(H,14,18)/p+1. The summed E-state index contributed by atoms with van der Waals surface area (Å²) in [6.07, 6.45) is 0. The zero-order valence-electron chi connectivity index (χ0n) is 11.5. The van der Waals surface area contributed by atoms with E-state index in [1.54, 1.807) is 17.0 Å². The number of anilines is 1. The van der Waals surface area contributed by atoms with Gasteiger partial charge in [0.1, 0.15) is 0 Å². The van der Waals surface area contributed by atoms with Gasteiger partial charge in [0.05, 0.1) is 37.6 Å². The van der Waals surface area contributed by atoms with E-state index in [9.17, 15) is 14.9 Å². The summed E-state index contributed by atoms with van der Waals surface area (Å²) >= 11 is 0. The van der Waals surface area contributed by atoms with E-state index >= 15 is 0 Å². The molecular weight excluding hydrogens is 260 g/mol. The molecular formula is C13H19N4O3+. The maximum Gasteiger partial charge on any atom is 0.322 e. The molecule has 7 nitrogen and oxygen atoms in total. The number of rotatable bonds is 3. The molecule has 0 unspecified atom stereocenters. The lowest BCUT2D eigenvalue weighted by atomic mass is 10.3. The van der Waals surface area contributed by atoms with E-state index in [1.165, 1.54) is 17.0 Å². The number of non-ortho nitro benzene ring substituents is 1. The van der Waals surface area contributed by atoms with Crippen molar-refractivity contribution in [1.82, 2.24) is 4.90 Å². The lowest BCUT2D eigenvalue weighted by Gasteiger charge is -2.31. The molecule has 2 N–H and O–H groups in total. The van der Waals surface area contributed by atoms with Gasteiger partial charge in [-0.3, -0.25) is 10.1 Å². The van der Waals surface area contributed by atoms with Crippen molar-refractivity contribution in [2.75, 3.05) is 38.0 Å². The van der Waals surface area contributed by atoms with Crippen LogP contribution >= 0.6 is 0 Å². The van der Waals surface area contributed by atoms with E-state index in [-0.39, 0.29) is 11.7 Å². The molecule has 108 valence electrons. The highest BCUT2D eigenvalue weighted by Gasteiger charge is 2.22. The van der Waals surface area contributed by atoms with E-state index in [2.05, 4.69) is 12.2 Å². The molecule has 0 bridgehead atoms. The number of benzene rings is 1. The molecule has 0 spiro atoms. The summed E-state index contributed by atoms with van der Waals surface area (Å²) in [7, 11) is 0. The Kier molecular flexibility index (Phi) is 4.52. The van der Waals surface area contributed by atoms with Crippen LogP contribution in [-0.4, -0.2) is 48.6 Å². The van der Waals surface area contributed by atoms with Gasteiger partial charge >= 0.3 is 6.03 Å². The van der Waals surface area contributed by atoms with Gasteiger partial charge in [0.25, 0.3) is 5.69 Å². The number of carbonyl (C=O) groups is 1. The van der Waals surface area contributed by atoms with Crippen molar-refractivity contribution in [1.29, 1.82) is 0 Å². The minimum atomic E-state index is -0.473. The summed E-state index contributed by atoms with van der Waals surface area (Å²) < 4.78 is 0. The van der Waals surface area contributed by atoms with Crippen LogP contribution in [0.1, 0.15) is 6.92 Å². The minimum Gasteiger partial charge on any atom is -0.332 e. The topological polar surface area (TPSA) is 79.9 Å². The molecule has 1 aliphatic rings. The summed E-state index contributed by atoms with van der Waals surface area (Å²) in [5, 5.41) is 13.4. The number of quaternary nitrogens is 1. The summed E-state index contributed by atoms with van der Waals surface area (Å²) in [6, 6.07) is 5.79. The average Bonchev–Trinajstić information content (AvgIpc) is 2.47. The number of nitrogens with zero attached hydrogens (tertiary/aromatic N) is 2. The highest BCUT2D eigenvalue weighted by Crippen LogP contribution is 2.17. The molecule has 1 aromatic rings. The highest BCUT2D eigenvalue weighted by atomic mass is 16.6. The van der Waals surface area contributed by atoms with Crippen LogP contribution < -0.4 is 10.2 Å². The van der Waals surface area contributed by atoms with Gasteiger partial charge in [-0.25, -0.2) is 4.79 Å². The summed E-state index contributed by atoms with van der Waals surface area (Å²) in [5.74, 6) is 0. The van der Waals surface area contributed by atoms with Crippen LogP contribution in [0.4, 0.5) is 16.2 Å². The summed E-state index contributed by atoms with van der Waals surface area (Å²) in [4.78, 5) is 25.5. The van der Waals surface area contributed by atoms with Crippen molar-refractivity contribution in [3.05, 3.63) is 34.4 Å². The molecule has 0 aliphatic carbocycles. The number of hydrogen-bond donors (Lipinski definition) is 2. The first-order chi connectivity index (χ1) is 9.60. The largest absolute Gasteiger partial charge is 0.332 e. The van der Waals surface area contributed by atoms with Crippen molar-refractivity contribution < 1.29 is 14.6 Å². The van der Waals surface area contributed by atoms with Crippen molar-refractivity contribution in [3.63, 3.8) is 0 Å². The first kappa shape index (κ1) is 14.3. The van der Waals surface area contributed by atoms with E-state index in [1.807, 2.05) is 0 Å². The number of hydrogen-bond acceptors (Lipinski definition) is 3. The van der Waals surface area contributed by atoms with Gasteiger partial charge < -0.3 is 15.1 Å². The first-order valence-electron chi connectivity index (χ1n) is 6.74. The van der Waals surface area contributed by atoms with Crippen LogP contribution in [0.15, 0.2) is 24.3 Å². The smallest absolute Gasteiger partial charge is 0.322 e. The third-order valence-corrected chi connectivity index (χ3v) is 3.57. The number of urea groups is 1. The third kappa shape index (κ3) is 3.45. The Morgan fingerprint density at radius 3 is 2.75 bits per heavy atom. The van der Waals surface area contributed by atoms with Gasteiger partial charge in [0, 0.05) is 17.8 Å². The fourth-order valence-corrected chi connectivity index (χ4v) is 2.28. The predicted molar refractivity (Wildman–Crippen MR) is 74.9 cm³/mol. The minimum absolute atomic E-state index is 0.0250. The second-order valence-electron chi connectivity index (χ2n) is 4.83. The van der Waals surface area contributed by atoms with Crippen LogP contribution in [0.5, 0.6) is 0 Å². The monoisotopic (exact) mass is 279 g/mol. The molecule has 7 heteroatoms. The molecule has 1 heterocycles. The molecule has 1 aromatic carbocycles. The number of piperazine rings is 1. The van der Waals surface area contributed by atoms with Crippen LogP contribution in [0.3, 0.4) is 0 Å². The fourth-order valence-electron chi connectivity index (χ4n) is 2.28. The Morgan fingerprint density at radius 1 is 1.45 bits per heavy atom. The Balaban J connectivity index is 1.95. The number of nitro groups is 1. The van der Waals surface area contributed by atoms with E-state index in [0.29, 0.717) is 18.8 Å². The van der Waals surface area contributed by atoms with Gasteiger partial charge in [0.15, 0.2) is 0 Å². The van der Waals surface area contributed by atoms with E-state index in [0.717, 1.165) is 19.6 Å². The molecule has 0 saturated carbocycles. The Morgan fingerprint density at radius 2 is 2.15 bits per heavy atom. The second kappa shape index (κ2) is 6.33. The zero-order valence-corrected chi connectivity index (χ0v) is 11.5. The zero-order chi connectivity index (χ0) is 14.5. The number of nitrogens with one attached hydrogen (secondary N) is 2. The quantitative estimate of drug-likeness (QED) is 0.619. The molecule has 1 fully saturated rings. The van der Waals surface area contributed by atoms with E-state index in [4.69, 9.17) is 0 Å². The molecule has 2 amide bonds. The van der Waals surface area contributed by atoms with Crippen LogP contribution in [0.25, 0.3) is 0 Å². The molecule has 1 saturated heterocycles. The summed E-state index contributed by atoms with van der Waals surface area (Å²) in [6.45, 7) is 6.51. The maximum absolute atomic E-state index is 12.1.